The summed E-state index contributed by atoms with van der Waals surface area (Å²) >= 11 is 0. The highest BCUT2D eigenvalue weighted by molar-refractivity contribution is 7.85. The van der Waals surface area contributed by atoms with Crippen LogP contribution >= 0.6 is 0 Å². The van der Waals surface area contributed by atoms with Crippen LogP contribution in [0, 0.1) is 5.41 Å². The number of aliphatic hydroxyl groups is 1. The highest BCUT2D eigenvalue weighted by Crippen LogP contribution is 2.21. The van der Waals surface area contributed by atoms with Crippen LogP contribution in [0.3, 0.4) is 0 Å². The van der Waals surface area contributed by atoms with Gasteiger partial charge in [-0.3, -0.25) is 4.79 Å². The first-order valence-electron chi connectivity index (χ1n) is 6.90. The molecule has 1 N–H and O–H groups in total. The van der Waals surface area contributed by atoms with Gasteiger partial charge in [0.2, 0.25) is 0 Å². The molecule has 0 aliphatic carbocycles. The third-order valence-electron chi connectivity index (χ3n) is 3.47. The van der Waals surface area contributed by atoms with Crippen LogP contribution in [0.1, 0.15) is 27.2 Å². The van der Waals surface area contributed by atoms with Crippen LogP contribution in [0.25, 0.3) is 0 Å². The summed E-state index contributed by atoms with van der Waals surface area (Å²) in [7, 11) is -0.921. The van der Waals surface area contributed by atoms with Crippen LogP contribution in [0.15, 0.2) is 0 Å². The van der Waals surface area contributed by atoms with E-state index >= 15 is 0 Å². The predicted octanol–water partition coefficient (Wildman–Crippen LogP) is -0.0517. The molecule has 0 fully saturated rings. The van der Waals surface area contributed by atoms with Crippen molar-refractivity contribution in [3.63, 3.8) is 0 Å². The fraction of sp³-hybridized carbons (Fsp3) is 0.923. The maximum absolute atomic E-state index is 11.8. The zero-order chi connectivity index (χ0) is 16.9. The molecule has 7 nitrogen and oxygen atoms in total. The minimum Gasteiger partial charge on any atom is -0.748 e. The van der Waals surface area contributed by atoms with Gasteiger partial charge >= 0.3 is 5.97 Å². The van der Waals surface area contributed by atoms with E-state index in [2.05, 4.69) is 0 Å². The Labute approximate surface area is 127 Å². The van der Waals surface area contributed by atoms with E-state index in [1.807, 2.05) is 6.92 Å². The van der Waals surface area contributed by atoms with Gasteiger partial charge in [0.25, 0.3) is 0 Å². The third kappa shape index (κ3) is 9.02. The van der Waals surface area contributed by atoms with E-state index in [-0.39, 0.29) is 23.6 Å². The molecule has 1 unspecified atom stereocenters. The number of esters is 1. The zero-order valence-electron chi connectivity index (χ0n) is 13.5. The normalized spacial score (nSPS) is 14.8. The molecule has 0 aliphatic heterocycles. The van der Waals surface area contributed by atoms with Gasteiger partial charge in [-0.2, -0.15) is 0 Å². The van der Waals surface area contributed by atoms with Crippen LogP contribution in [-0.4, -0.2) is 74.2 Å². The lowest BCUT2D eigenvalue weighted by Gasteiger charge is -2.32. The minimum atomic E-state index is -4.45. The molecule has 21 heavy (non-hydrogen) atoms. The highest BCUT2D eigenvalue weighted by atomic mass is 32.2. The summed E-state index contributed by atoms with van der Waals surface area (Å²) in [6, 6.07) is 0. The molecular weight excluding hydrogens is 298 g/mol. The summed E-state index contributed by atoms with van der Waals surface area (Å²) in [4.78, 5) is 11.8. The summed E-state index contributed by atoms with van der Waals surface area (Å²) in [5, 5.41) is 9.59. The second-order valence-corrected chi connectivity index (χ2v) is 8.04. The summed E-state index contributed by atoms with van der Waals surface area (Å²) in [6.07, 6.45) is -0.560. The maximum atomic E-state index is 11.8. The van der Waals surface area contributed by atoms with Gasteiger partial charge in [-0.1, -0.05) is 6.92 Å². The quantitative estimate of drug-likeness (QED) is 0.362. The molecule has 0 aromatic rings. The summed E-state index contributed by atoms with van der Waals surface area (Å²) < 4.78 is 37.2. The summed E-state index contributed by atoms with van der Waals surface area (Å²) in [5.74, 6) is -1.09. The first-order valence-corrected chi connectivity index (χ1v) is 8.48. The van der Waals surface area contributed by atoms with Gasteiger partial charge in [0.1, 0.15) is 25.8 Å². The van der Waals surface area contributed by atoms with Crippen molar-refractivity contribution in [2.75, 3.05) is 39.5 Å². The second-order valence-electron chi connectivity index (χ2n) is 6.59. The van der Waals surface area contributed by atoms with Crippen molar-refractivity contribution in [3.05, 3.63) is 0 Å². The average Bonchev–Trinajstić information content (AvgIpc) is 2.24. The summed E-state index contributed by atoms with van der Waals surface area (Å²) in [5.41, 5.74) is -0.534. The molecule has 0 radical (unpaired) electrons. The summed E-state index contributed by atoms with van der Waals surface area (Å²) in [6.45, 7) is 6.20. The molecule has 0 aromatic carbocycles. The molecular formula is C13H27NO6S. The minimum absolute atomic E-state index is 0.0934. The lowest BCUT2D eigenvalue weighted by molar-refractivity contribution is -0.893. The molecule has 0 saturated carbocycles. The van der Waals surface area contributed by atoms with Crippen molar-refractivity contribution in [1.29, 1.82) is 0 Å². The first-order chi connectivity index (χ1) is 9.29. The number of likely N-dealkylation sites (N-methyl/N-ethyl adjacent to an activating group) is 1. The van der Waals surface area contributed by atoms with Crippen LogP contribution in [-0.2, 0) is 19.6 Å². The van der Waals surface area contributed by atoms with Crippen LogP contribution in [0.5, 0.6) is 0 Å². The Morgan fingerprint density at radius 1 is 1.38 bits per heavy atom. The average molecular weight is 325 g/mol. The zero-order valence-corrected chi connectivity index (χ0v) is 14.3. The van der Waals surface area contributed by atoms with Crippen molar-refractivity contribution < 1.29 is 32.1 Å². The van der Waals surface area contributed by atoms with Crippen molar-refractivity contribution in [2.45, 2.75) is 33.3 Å². The second kappa shape index (κ2) is 7.53. The number of nitrogens with zero attached hydrogens (tertiary/aromatic N) is 1. The Bertz CT molecular complexity index is 444. The van der Waals surface area contributed by atoms with Gasteiger partial charge in [0.05, 0.1) is 35.4 Å². The van der Waals surface area contributed by atoms with Crippen molar-refractivity contribution in [2.24, 2.45) is 5.41 Å². The fourth-order valence-corrected chi connectivity index (χ4v) is 2.25. The predicted molar refractivity (Wildman–Crippen MR) is 77.4 cm³/mol. The lowest BCUT2D eigenvalue weighted by Crippen LogP contribution is -2.49. The topological polar surface area (TPSA) is 104 Å². The van der Waals surface area contributed by atoms with E-state index in [0.29, 0.717) is 13.0 Å². The molecule has 0 heterocycles. The van der Waals surface area contributed by atoms with E-state index < -0.39 is 27.4 Å². The SMILES string of the molecule is CCC(C)(C)C(=O)OCC[N+](C)(C)CC(O)CS(=O)(=O)[O-]. The number of carbonyl (C=O) groups excluding carboxylic acids is 1. The number of carbonyl (C=O) groups is 1. The molecule has 0 amide bonds. The van der Waals surface area contributed by atoms with Gasteiger partial charge < -0.3 is 18.9 Å². The van der Waals surface area contributed by atoms with E-state index in [1.54, 1.807) is 27.9 Å². The Balaban J connectivity index is 4.28. The number of hydrogen-bond acceptors (Lipinski definition) is 6. The molecule has 126 valence electrons. The van der Waals surface area contributed by atoms with Crippen molar-refractivity contribution >= 4 is 16.1 Å². The Morgan fingerprint density at radius 3 is 2.33 bits per heavy atom. The van der Waals surface area contributed by atoms with Gasteiger partial charge in [-0.15, -0.1) is 0 Å². The molecule has 1 atom stereocenters. The van der Waals surface area contributed by atoms with E-state index in [1.165, 1.54) is 0 Å². The van der Waals surface area contributed by atoms with E-state index in [9.17, 15) is 22.9 Å². The Morgan fingerprint density at radius 2 is 1.90 bits per heavy atom. The van der Waals surface area contributed by atoms with Crippen molar-refractivity contribution in [3.8, 4) is 0 Å². The molecule has 8 heteroatoms. The number of aliphatic hydroxyl groups excluding tert-OH is 1. The smallest absolute Gasteiger partial charge is 0.311 e. The molecule has 0 aliphatic rings. The maximum Gasteiger partial charge on any atom is 0.311 e. The number of ether oxygens (including phenoxy) is 1. The number of rotatable bonds is 9. The number of hydrogen-bond donors (Lipinski definition) is 1. The highest BCUT2D eigenvalue weighted by Gasteiger charge is 2.28. The van der Waals surface area contributed by atoms with Gasteiger partial charge in [-0.05, 0) is 20.3 Å². The van der Waals surface area contributed by atoms with Crippen LogP contribution < -0.4 is 0 Å². The molecule has 0 spiro atoms. The molecule has 0 aromatic heterocycles. The van der Waals surface area contributed by atoms with Crippen LogP contribution in [0.2, 0.25) is 0 Å². The largest absolute Gasteiger partial charge is 0.748 e. The van der Waals surface area contributed by atoms with Gasteiger partial charge in [-0.25, -0.2) is 8.42 Å². The monoisotopic (exact) mass is 325 g/mol. The van der Waals surface area contributed by atoms with Gasteiger partial charge in [0.15, 0.2) is 0 Å². The molecule has 0 rings (SSSR count). The first kappa shape index (κ1) is 20.3. The van der Waals surface area contributed by atoms with E-state index in [0.717, 1.165) is 0 Å². The molecule has 0 bridgehead atoms. The Hall–Kier alpha value is -0.700. The third-order valence-corrected chi connectivity index (χ3v) is 4.26. The van der Waals surface area contributed by atoms with Crippen molar-refractivity contribution in [1.82, 2.24) is 0 Å². The lowest BCUT2D eigenvalue weighted by atomic mass is 9.91. The number of quaternary nitrogens is 1. The van der Waals surface area contributed by atoms with E-state index in [4.69, 9.17) is 4.74 Å². The van der Waals surface area contributed by atoms with Gasteiger partial charge in [0, 0.05) is 0 Å². The molecule has 0 saturated heterocycles. The van der Waals surface area contributed by atoms with Crippen LogP contribution in [0.4, 0.5) is 0 Å². The standard InChI is InChI=1S/C13H27NO6S/c1-6-13(2,3)12(16)20-8-7-14(4,5)9-11(15)10-21(17,18)19/h11,15H,6-10H2,1-5H3. The Kier molecular flexibility index (Phi) is 7.28. The fourth-order valence-electron chi connectivity index (χ4n) is 1.68.